The molecular formula is C20H19BrN2O4S. The molecule has 1 heterocycles. The molecule has 2 amide bonds. The molecule has 1 unspecified atom stereocenters. The summed E-state index contributed by atoms with van der Waals surface area (Å²) < 4.78 is 28.7. The summed E-state index contributed by atoms with van der Waals surface area (Å²) in [6.07, 6.45) is 1.25. The molecular weight excluding hydrogens is 444 g/mol. The molecule has 4 rings (SSSR count). The van der Waals surface area contributed by atoms with E-state index in [-0.39, 0.29) is 23.3 Å². The second-order valence-electron chi connectivity index (χ2n) is 7.14. The zero-order valence-electron chi connectivity index (χ0n) is 15.2. The highest BCUT2D eigenvalue weighted by Crippen LogP contribution is 2.38. The van der Waals surface area contributed by atoms with Crippen molar-refractivity contribution in [3.8, 4) is 0 Å². The van der Waals surface area contributed by atoms with Gasteiger partial charge < -0.3 is 0 Å². The van der Waals surface area contributed by atoms with Crippen molar-refractivity contribution in [2.75, 3.05) is 4.90 Å². The maximum Gasteiger partial charge on any atom is 0.252 e. The molecule has 0 N–H and O–H groups in total. The number of aryl methyl sites for hydroxylation is 1. The fourth-order valence-electron chi connectivity index (χ4n) is 3.46. The average molecular weight is 463 g/mol. The van der Waals surface area contributed by atoms with Gasteiger partial charge in [-0.3, -0.25) is 9.59 Å². The van der Waals surface area contributed by atoms with Gasteiger partial charge in [-0.25, -0.2) is 13.3 Å². The van der Waals surface area contributed by atoms with Crippen LogP contribution < -0.4 is 4.90 Å². The zero-order valence-corrected chi connectivity index (χ0v) is 17.6. The van der Waals surface area contributed by atoms with E-state index in [1.165, 1.54) is 4.31 Å². The lowest BCUT2D eigenvalue weighted by atomic mass is 10.2. The summed E-state index contributed by atoms with van der Waals surface area (Å²) in [7, 11) is -3.88. The third-order valence-corrected chi connectivity index (χ3v) is 7.52. The Balaban J connectivity index is 1.69. The second-order valence-corrected chi connectivity index (χ2v) is 9.90. The number of carbonyl (C=O) groups is 2. The number of nitrogens with zero attached hydrogens (tertiary/aromatic N) is 2. The lowest BCUT2D eigenvalue weighted by Crippen LogP contribution is -2.46. The number of rotatable bonds is 5. The molecule has 8 heteroatoms. The molecule has 1 atom stereocenters. The normalized spacial score (nSPS) is 20.2. The Morgan fingerprint density at radius 3 is 2.18 bits per heavy atom. The topological polar surface area (TPSA) is 74.8 Å². The van der Waals surface area contributed by atoms with Crippen LogP contribution in [-0.2, 0) is 19.6 Å². The highest BCUT2D eigenvalue weighted by atomic mass is 79.9. The van der Waals surface area contributed by atoms with E-state index in [0.717, 1.165) is 14.9 Å². The lowest BCUT2D eigenvalue weighted by Gasteiger charge is -2.26. The standard InChI is InChI=1S/C20H19BrN2O4S/c1-13-2-10-17(11-3-13)28(26,27)23(16-8-9-16)18-12-19(24)22(20(18)25)15-6-4-14(21)5-7-15/h2-7,10-11,16,18H,8-9,12H2,1H3. The first-order valence-corrected chi connectivity index (χ1v) is 11.2. The van der Waals surface area contributed by atoms with E-state index in [4.69, 9.17) is 0 Å². The number of anilines is 1. The number of hydrogen-bond donors (Lipinski definition) is 0. The van der Waals surface area contributed by atoms with Crippen molar-refractivity contribution in [1.82, 2.24) is 4.31 Å². The first-order valence-electron chi connectivity index (χ1n) is 9.01. The van der Waals surface area contributed by atoms with E-state index in [1.54, 1.807) is 48.5 Å². The highest BCUT2D eigenvalue weighted by molar-refractivity contribution is 9.10. The number of imide groups is 1. The van der Waals surface area contributed by atoms with E-state index in [1.807, 2.05) is 6.92 Å². The highest BCUT2D eigenvalue weighted by Gasteiger charge is 2.51. The van der Waals surface area contributed by atoms with E-state index >= 15 is 0 Å². The Bertz CT molecular complexity index is 1030. The Morgan fingerprint density at radius 2 is 1.61 bits per heavy atom. The van der Waals surface area contributed by atoms with E-state index < -0.39 is 22.0 Å². The van der Waals surface area contributed by atoms with E-state index in [2.05, 4.69) is 15.9 Å². The molecule has 28 heavy (non-hydrogen) atoms. The van der Waals surface area contributed by atoms with Crippen LogP contribution in [0.15, 0.2) is 57.9 Å². The van der Waals surface area contributed by atoms with Crippen molar-refractivity contribution < 1.29 is 18.0 Å². The maximum atomic E-state index is 13.3. The summed E-state index contributed by atoms with van der Waals surface area (Å²) in [4.78, 5) is 26.9. The molecule has 1 aliphatic carbocycles. The Kier molecular flexibility index (Phi) is 4.89. The Morgan fingerprint density at radius 1 is 1.00 bits per heavy atom. The smallest absolute Gasteiger partial charge is 0.252 e. The molecule has 0 bridgehead atoms. The molecule has 0 radical (unpaired) electrons. The second kappa shape index (κ2) is 7.09. The summed E-state index contributed by atoms with van der Waals surface area (Å²) in [6.45, 7) is 1.88. The van der Waals surface area contributed by atoms with Crippen LogP contribution in [0.1, 0.15) is 24.8 Å². The Hall–Kier alpha value is -2.03. The summed E-state index contributed by atoms with van der Waals surface area (Å²) >= 11 is 3.33. The van der Waals surface area contributed by atoms with Gasteiger partial charge in [-0.15, -0.1) is 0 Å². The van der Waals surface area contributed by atoms with E-state index in [9.17, 15) is 18.0 Å². The molecule has 0 spiro atoms. The predicted molar refractivity (Wildman–Crippen MR) is 108 cm³/mol. The van der Waals surface area contributed by atoms with Gasteiger partial charge in [-0.1, -0.05) is 33.6 Å². The summed E-state index contributed by atoms with van der Waals surface area (Å²) in [5.41, 5.74) is 1.40. The van der Waals surface area contributed by atoms with Crippen LogP contribution in [0, 0.1) is 6.92 Å². The van der Waals surface area contributed by atoms with Gasteiger partial charge in [0.15, 0.2) is 0 Å². The van der Waals surface area contributed by atoms with Gasteiger partial charge in [-0.05, 0) is 56.2 Å². The largest absolute Gasteiger partial charge is 0.274 e. The average Bonchev–Trinajstić information content (AvgIpc) is 3.43. The van der Waals surface area contributed by atoms with Gasteiger partial charge in [0.25, 0.3) is 5.91 Å². The maximum absolute atomic E-state index is 13.3. The molecule has 0 aromatic heterocycles. The minimum absolute atomic E-state index is 0.142. The van der Waals surface area contributed by atoms with E-state index in [0.29, 0.717) is 18.5 Å². The monoisotopic (exact) mass is 462 g/mol. The zero-order chi connectivity index (χ0) is 20.1. The molecule has 1 aliphatic heterocycles. The molecule has 146 valence electrons. The number of amides is 2. The number of benzene rings is 2. The molecule has 1 saturated carbocycles. The van der Waals surface area contributed by atoms with Gasteiger partial charge in [0, 0.05) is 10.5 Å². The van der Waals surface area contributed by atoms with Crippen LogP contribution in [0.3, 0.4) is 0 Å². The van der Waals surface area contributed by atoms with Crippen LogP contribution in [0.5, 0.6) is 0 Å². The van der Waals surface area contributed by atoms with Gasteiger partial charge in [0.1, 0.15) is 6.04 Å². The van der Waals surface area contributed by atoms with Crippen molar-refractivity contribution in [2.24, 2.45) is 0 Å². The van der Waals surface area contributed by atoms with Crippen LogP contribution in [-0.4, -0.2) is 36.6 Å². The van der Waals surface area contributed by atoms with Gasteiger partial charge >= 0.3 is 0 Å². The molecule has 1 saturated heterocycles. The minimum atomic E-state index is -3.88. The van der Waals surface area contributed by atoms with Crippen molar-refractivity contribution >= 4 is 43.5 Å². The van der Waals surface area contributed by atoms with Crippen molar-refractivity contribution in [3.05, 3.63) is 58.6 Å². The first kappa shape index (κ1) is 19.3. The van der Waals surface area contributed by atoms with Crippen molar-refractivity contribution in [3.63, 3.8) is 0 Å². The predicted octanol–water partition coefficient (Wildman–Crippen LogP) is 3.24. The number of halogens is 1. The van der Waals surface area contributed by atoms with Crippen LogP contribution >= 0.6 is 15.9 Å². The number of sulfonamides is 1. The van der Waals surface area contributed by atoms with Crippen LogP contribution in [0.25, 0.3) is 0 Å². The van der Waals surface area contributed by atoms with Gasteiger partial charge in [0.2, 0.25) is 15.9 Å². The molecule has 2 aromatic rings. The third kappa shape index (κ3) is 3.40. The quantitative estimate of drug-likeness (QED) is 0.639. The molecule has 6 nitrogen and oxygen atoms in total. The number of carbonyl (C=O) groups excluding carboxylic acids is 2. The fraction of sp³-hybridized carbons (Fsp3) is 0.300. The molecule has 2 fully saturated rings. The minimum Gasteiger partial charge on any atom is -0.274 e. The fourth-order valence-corrected chi connectivity index (χ4v) is 5.55. The van der Waals surface area contributed by atoms with Crippen molar-refractivity contribution in [1.29, 1.82) is 0 Å². The third-order valence-electron chi connectivity index (χ3n) is 5.02. The van der Waals surface area contributed by atoms with Gasteiger partial charge in [-0.2, -0.15) is 4.31 Å². The van der Waals surface area contributed by atoms with Crippen LogP contribution in [0.2, 0.25) is 0 Å². The van der Waals surface area contributed by atoms with Crippen molar-refractivity contribution in [2.45, 2.75) is 43.2 Å². The lowest BCUT2D eigenvalue weighted by molar-refractivity contribution is -0.122. The summed E-state index contributed by atoms with van der Waals surface area (Å²) in [5.74, 6) is -0.878. The molecule has 2 aliphatic rings. The van der Waals surface area contributed by atoms with Gasteiger partial charge in [0.05, 0.1) is 17.0 Å². The summed E-state index contributed by atoms with van der Waals surface area (Å²) in [5, 5.41) is 0. The SMILES string of the molecule is Cc1ccc(S(=O)(=O)N(C2CC2)C2CC(=O)N(c3ccc(Br)cc3)C2=O)cc1. The Labute approximate surface area is 172 Å². The molecule has 2 aromatic carbocycles. The summed E-state index contributed by atoms with van der Waals surface area (Å²) in [6, 6.07) is 12.1. The number of hydrogen-bond acceptors (Lipinski definition) is 4. The van der Waals surface area contributed by atoms with Crippen LogP contribution in [0.4, 0.5) is 5.69 Å². The first-order chi connectivity index (χ1) is 13.3.